The van der Waals surface area contributed by atoms with Crippen molar-refractivity contribution < 1.29 is 22.8 Å². The minimum atomic E-state index is -4.37. The molecule has 1 amide bonds. The van der Waals surface area contributed by atoms with E-state index in [1.165, 1.54) is 17.0 Å². The number of hydrazine groups is 1. The van der Waals surface area contributed by atoms with E-state index >= 15 is 0 Å². The third kappa shape index (κ3) is 4.69. The van der Waals surface area contributed by atoms with Crippen molar-refractivity contribution in [3.05, 3.63) is 64.7 Å². The highest BCUT2D eigenvalue weighted by atomic mass is 19.4. The molecule has 0 spiro atoms. The first-order chi connectivity index (χ1) is 15.2. The number of hydrogen-bond acceptors (Lipinski definition) is 5. The number of anilines is 1. The van der Waals surface area contributed by atoms with E-state index in [1.54, 1.807) is 12.1 Å². The maximum Gasteiger partial charge on any atom is 0.416 e. The number of fused-ring (bicyclic) bond motifs is 1. The fourth-order valence-electron chi connectivity index (χ4n) is 4.16. The number of alkyl halides is 3. The molecule has 1 saturated heterocycles. The van der Waals surface area contributed by atoms with Crippen LogP contribution >= 0.6 is 0 Å². The molecular formula is C23H25F3N4O2. The summed E-state index contributed by atoms with van der Waals surface area (Å²) in [6.07, 6.45) is -4.37. The van der Waals surface area contributed by atoms with Crippen molar-refractivity contribution in [2.75, 3.05) is 44.2 Å². The van der Waals surface area contributed by atoms with E-state index in [-0.39, 0.29) is 12.1 Å². The Labute approximate surface area is 184 Å². The molecule has 6 nitrogen and oxygen atoms in total. The molecule has 1 N–H and O–H groups in total. The summed E-state index contributed by atoms with van der Waals surface area (Å²) in [6.45, 7) is 5.76. The zero-order valence-corrected chi connectivity index (χ0v) is 17.8. The minimum Gasteiger partial charge on any atom is -0.303 e. The monoisotopic (exact) mass is 446 g/mol. The van der Waals surface area contributed by atoms with E-state index in [1.807, 2.05) is 24.1 Å². The molecule has 0 aromatic heterocycles. The zero-order valence-electron chi connectivity index (χ0n) is 17.8. The van der Waals surface area contributed by atoms with E-state index in [0.29, 0.717) is 50.5 Å². The predicted molar refractivity (Wildman–Crippen MR) is 114 cm³/mol. The van der Waals surface area contributed by atoms with E-state index in [4.69, 9.17) is 0 Å². The number of amides is 1. The first kappa shape index (κ1) is 22.4. The highest BCUT2D eigenvalue weighted by Crippen LogP contribution is 2.32. The lowest BCUT2D eigenvalue weighted by molar-refractivity contribution is -0.138. The van der Waals surface area contributed by atoms with Crippen LogP contribution in [0.4, 0.5) is 18.9 Å². The molecule has 4 rings (SSSR count). The second kappa shape index (κ2) is 9.01. The summed E-state index contributed by atoms with van der Waals surface area (Å²) in [4.78, 5) is 28.3. The number of nitrogens with zero attached hydrogens (tertiary/aromatic N) is 3. The van der Waals surface area contributed by atoms with Crippen molar-refractivity contribution in [2.45, 2.75) is 19.6 Å². The Hall–Kier alpha value is -2.75. The quantitative estimate of drug-likeness (QED) is 0.692. The molecule has 0 aliphatic carbocycles. The van der Waals surface area contributed by atoms with E-state index in [2.05, 4.69) is 10.3 Å². The molecule has 2 aliphatic heterocycles. The van der Waals surface area contributed by atoms with Crippen LogP contribution in [0.3, 0.4) is 0 Å². The molecule has 2 aromatic carbocycles. The lowest BCUT2D eigenvalue weighted by atomic mass is 10.1. The maximum absolute atomic E-state index is 13.1. The normalized spacial score (nSPS) is 17.8. The van der Waals surface area contributed by atoms with Gasteiger partial charge in [-0.05, 0) is 30.7 Å². The Kier molecular flexibility index (Phi) is 6.32. The van der Waals surface area contributed by atoms with Gasteiger partial charge in [0.05, 0.1) is 16.8 Å². The van der Waals surface area contributed by atoms with Crippen LogP contribution in [0.15, 0.2) is 42.5 Å². The lowest BCUT2D eigenvalue weighted by Crippen LogP contribution is -2.53. The van der Waals surface area contributed by atoms with Crippen molar-refractivity contribution in [3.63, 3.8) is 0 Å². The SMILES string of the molecule is Cc1ccc2c(c1)C(=O)C(=O)N2CCN1CCN(NCc2ccccc2C(F)(F)F)CC1. The van der Waals surface area contributed by atoms with Gasteiger partial charge in [0.2, 0.25) is 0 Å². The van der Waals surface area contributed by atoms with Gasteiger partial charge in [-0.25, -0.2) is 5.01 Å². The number of halogens is 3. The Bertz CT molecular complexity index is 1020. The molecule has 0 saturated carbocycles. The summed E-state index contributed by atoms with van der Waals surface area (Å²) < 4.78 is 39.4. The number of hydrogen-bond donors (Lipinski definition) is 1. The smallest absolute Gasteiger partial charge is 0.303 e. The standard InChI is InChI=1S/C23H25F3N4O2/c1-16-6-7-20-18(14-16)21(31)22(32)30(20)13-10-28-8-11-29(12-9-28)27-15-17-4-2-3-5-19(17)23(24,25)26/h2-7,14,27H,8-13,15H2,1H3. The van der Waals surface area contributed by atoms with Crippen LogP contribution in [0.1, 0.15) is 27.0 Å². The molecule has 0 unspecified atom stereocenters. The molecule has 9 heteroatoms. The van der Waals surface area contributed by atoms with E-state index in [9.17, 15) is 22.8 Å². The summed E-state index contributed by atoms with van der Waals surface area (Å²) in [5.41, 5.74) is 4.75. The van der Waals surface area contributed by atoms with Gasteiger partial charge in [0.15, 0.2) is 0 Å². The number of carbonyl (C=O) groups excluding carboxylic acids is 2. The van der Waals surface area contributed by atoms with Crippen LogP contribution < -0.4 is 10.3 Å². The Morgan fingerprint density at radius 1 is 0.969 bits per heavy atom. The summed E-state index contributed by atoms with van der Waals surface area (Å²) >= 11 is 0. The first-order valence-electron chi connectivity index (χ1n) is 10.6. The first-order valence-corrected chi connectivity index (χ1v) is 10.6. The molecule has 170 valence electrons. The van der Waals surface area contributed by atoms with Gasteiger partial charge in [0, 0.05) is 45.8 Å². The van der Waals surface area contributed by atoms with Gasteiger partial charge in [0.25, 0.3) is 11.7 Å². The van der Waals surface area contributed by atoms with Gasteiger partial charge in [-0.3, -0.25) is 19.9 Å². The summed E-state index contributed by atoms with van der Waals surface area (Å²) in [7, 11) is 0. The average molecular weight is 446 g/mol. The largest absolute Gasteiger partial charge is 0.416 e. The average Bonchev–Trinajstić information content (AvgIpc) is 3.00. The molecular weight excluding hydrogens is 421 g/mol. The summed E-state index contributed by atoms with van der Waals surface area (Å²) in [5.74, 6) is -0.953. The molecule has 2 heterocycles. The Balaban J connectivity index is 1.27. The molecule has 2 aromatic rings. The predicted octanol–water partition coefficient (Wildman–Crippen LogP) is 2.87. The number of aryl methyl sites for hydroxylation is 1. The fraction of sp³-hybridized carbons (Fsp3) is 0.391. The molecule has 0 bridgehead atoms. The number of benzene rings is 2. The summed E-state index contributed by atoms with van der Waals surface area (Å²) in [5, 5.41) is 1.92. The Morgan fingerprint density at radius 3 is 2.41 bits per heavy atom. The molecule has 32 heavy (non-hydrogen) atoms. The van der Waals surface area contributed by atoms with Gasteiger partial charge >= 0.3 is 6.18 Å². The van der Waals surface area contributed by atoms with Crippen LogP contribution in [0, 0.1) is 6.92 Å². The number of ketones is 1. The topological polar surface area (TPSA) is 55.9 Å². The van der Waals surface area contributed by atoms with Crippen LogP contribution in [-0.2, 0) is 17.5 Å². The highest BCUT2D eigenvalue weighted by molar-refractivity contribution is 6.52. The lowest BCUT2D eigenvalue weighted by Gasteiger charge is -2.35. The number of piperazine rings is 1. The minimum absolute atomic E-state index is 0.107. The molecule has 2 aliphatic rings. The van der Waals surface area contributed by atoms with Gasteiger partial charge < -0.3 is 4.90 Å². The number of rotatable bonds is 6. The van der Waals surface area contributed by atoms with Gasteiger partial charge in [-0.1, -0.05) is 29.8 Å². The molecule has 1 fully saturated rings. The van der Waals surface area contributed by atoms with Crippen molar-refractivity contribution in [1.29, 1.82) is 0 Å². The van der Waals surface area contributed by atoms with Gasteiger partial charge in [-0.2, -0.15) is 13.2 Å². The van der Waals surface area contributed by atoms with Gasteiger partial charge in [0.1, 0.15) is 0 Å². The maximum atomic E-state index is 13.1. The second-order valence-corrected chi connectivity index (χ2v) is 8.13. The third-order valence-corrected chi connectivity index (χ3v) is 5.95. The molecule has 0 radical (unpaired) electrons. The summed E-state index contributed by atoms with van der Waals surface area (Å²) in [6, 6.07) is 11.0. The van der Waals surface area contributed by atoms with Crippen molar-refractivity contribution >= 4 is 17.4 Å². The Morgan fingerprint density at radius 2 is 1.69 bits per heavy atom. The van der Waals surface area contributed by atoms with Crippen LogP contribution in [0.25, 0.3) is 0 Å². The number of Topliss-reactive ketones (excluding diaryl/α,β-unsaturated/α-hetero) is 1. The van der Waals surface area contributed by atoms with E-state index < -0.39 is 23.4 Å². The number of carbonyl (C=O) groups is 2. The van der Waals surface area contributed by atoms with Crippen molar-refractivity contribution in [2.24, 2.45) is 0 Å². The van der Waals surface area contributed by atoms with Gasteiger partial charge in [-0.15, -0.1) is 0 Å². The van der Waals surface area contributed by atoms with Crippen molar-refractivity contribution in [1.82, 2.24) is 15.3 Å². The zero-order chi connectivity index (χ0) is 22.9. The highest BCUT2D eigenvalue weighted by Gasteiger charge is 2.36. The van der Waals surface area contributed by atoms with Crippen LogP contribution in [0.2, 0.25) is 0 Å². The van der Waals surface area contributed by atoms with Crippen LogP contribution in [0.5, 0.6) is 0 Å². The van der Waals surface area contributed by atoms with E-state index in [0.717, 1.165) is 11.6 Å². The molecule has 0 atom stereocenters. The fourth-order valence-corrected chi connectivity index (χ4v) is 4.16. The van der Waals surface area contributed by atoms with Crippen molar-refractivity contribution in [3.8, 4) is 0 Å². The third-order valence-electron chi connectivity index (χ3n) is 5.95. The van der Waals surface area contributed by atoms with Crippen LogP contribution in [-0.4, -0.2) is 60.9 Å². The second-order valence-electron chi connectivity index (χ2n) is 8.13. The number of nitrogens with one attached hydrogen (secondary N) is 1.